The Balaban J connectivity index is 2.99. The lowest BCUT2D eigenvalue weighted by Crippen LogP contribution is -2.32. The van der Waals surface area contributed by atoms with E-state index in [2.05, 4.69) is 11.8 Å². The van der Waals surface area contributed by atoms with Crippen LogP contribution in [-0.2, 0) is 4.79 Å². The standard InChI is InChI=1S/C15H23NO4/c1-5-8-16(10-11(2)15(17)18)12-6-7-13(19-3)14(9-12)20-4/h6-7,9,11H,5,8,10H2,1-4H3,(H,17,18). The van der Waals surface area contributed by atoms with Crippen LogP contribution < -0.4 is 14.4 Å². The summed E-state index contributed by atoms with van der Waals surface area (Å²) >= 11 is 0. The number of ether oxygens (including phenoxy) is 2. The zero-order valence-corrected chi connectivity index (χ0v) is 12.5. The van der Waals surface area contributed by atoms with Crippen LogP contribution in [0.15, 0.2) is 18.2 Å². The fourth-order valence-electron chi connectivity index (χ4n) is 2.03. The summed E-state index contributed by atoms with van der Waals surface area (Å²) in [5.41, 5.74) is 0.942. The summed E-state index contributed by atoms with van der Waals surface area (Å²) in [7, 11) is 3.18. The summed E-state index contributed by atoms with van der Waals surface area (Å²) < 4.78 is 10.5. The zero-order valence-electron chi connectivity index (χ0n) is 12.5. The van der Waals surface area contributed by atoms with Crippen molar-refractivity contribution in [2.24, 2.45) is 5.92 Å². The molecule has 20 heavy (non-hydrogen) atoms. The van der Waals surface area contributed by atoms with E-state index in [1.54, 1.807) is 21.1 Å². The van der Waals surface area contributed by atoms with Gasteiger partial charge in [-0.05, 0) is 18.6 Å². The van der Waals surface area contributed by atoms with Crippen LogP contribution >= 0.6 is 0 Å². The number of carboxylic acid groups (broad SMARTS) is 1. The second-order valence-electron chi connectivity index (χ2n) is 4.72. The van der Waals surface area contributed by atoms with E-state index < -0.39 is 11.9 Å². The van der Waals surface area contributed by atoms with Gasteiger partial charge in [0.1, 0.15) is 0 Å². The maximum atomic E-state index is 11.0. The van der Waals surface area contributed by atoms with Gasteiger partial charge in [0.15, 0.2) is 11.5 Å². The first-order valence-corrected chi connectivity index (χ1v) is 6.73. The highest BCUT2D eigenvalue weighted by molar-refractivity contribution is 5.70. The Hall–Kier alpha value is -1.91. The van der Waals surface area contributed by atoms with Gasteiger partial charge in [0.05, 0.1) is 20.1 Å². The number of anilines is 1. The summed E-state index contributed by atoms with van der Waals surface area (Å²) in [6.07, 6.45) is 0.945. The van der Waals surface area contributed by atoms with Gasteiger partial charge in [-0.15, -0.1) is 0 Å². The minimum Gasteiger partial charge on any atom is -0.493 e. The molecule has 0 fully saturated rings. The molecule has 0 aliphatic rings. The predicted octanol–water partition coefficient (Wildman–Crippen LogP) is 2.64. The van der Waals surface area contributed by atoms with Crippen molar-refractivity contribution in [3.8, 4) is 11.5 Å². The van der Waals surface area contributed by atoms with Crippen molar-refractivity contribution in [1.29, 1.82) is 0 Å². The van der Waals surface area contributed by atoms with Crippen LogP contribution in [0, 0.1) is 5.92 Å². The second-order valence-corrected chi connectivity index (χ2v) is 4.72. The van der Waals surface area contributed by atoms with Gasteiger partial charge in [-0.2, -0.15) is 0 Å². The fourth-order valence-corrected chi connectivity index (χ4v) is 2.03. The third kappa shape index (κ3) is 4.05. The highest BCUT2D eigenvalue weighted by Crippen LogP contribution is 2.31. The van der Waals surface area contributed by atoms with Crippen LogP contribution in [0.1, 0.15) is 20.3 Å². The van der Waals surface area contributed by atoms with E-state index in [0.29, 0.717) is 18.0 Å². The maximum Gasteiger partial charge on any atom is 0.308 e. The third-order valence-electron chi connectivity index (χ3n) is 3.14. The van der Waals surface area contributed by atoms with E-state index in [1.807, 2.05) is 18.2 Å². The van der Waals surface area contributed by atoms with Crippen LogP contribution in [0.25, 0.3) is 0 Å². The molecule has 1 aromatic carbocycles. The molecule has 1 rings (SSSR count). The number of aliphatic carboxylic acids is 1. The molecule has 0 bridgehead atoms. The van der Waals surface area contributed by atoms with Crippen LogP contribution in [0.5, 0.6) is 11.5 Å². The number of carboxylic acids is 1. The minimum atomic E-state index is -0.786. The predicted molar refractivity (Wildman–Crippen MR) is 78.8 cm³/mol. The second kappa shape index (κ2) is 7.62. The van der Waals surface area contributed by atoms with Gasteiger partial charge in [0.2, 0.25) is 0 Å². The van der Waals surface area contributed by atoms with Gasteiger partial charge in [0, 0.05) is 24.8 Å². The van der Waals surface area contributed by atoms with Gasteiger partial charge >= 0.3 is 5.97 Å². The van der Waals surface area contributed by atoms with E-state index in [1.165, 1.54) is 0 Å². The van der Waals surface area contributed by atoms with Crippen LogP contribution in [-0.4, -0.2) is 38.4 Å². The molecular formula is C15H23NO4. The molecular weight excluding hydrogens is 258 g/mol. The lowest BCUT2D eigenvalue weighted by atomic mass is 10.1. The van der Waals surface area contributed by atoms with Gasteiger partial charge in [0.25, 0.3) is 0 Å². The van der Waals surface area contributed by atoms with Crippen molar-refractivity contribution in [3.63, 3.8) is 0 Å². The summed E-state index contributed by atoms with van der Waals surface area (Å²) in [6.45, 7) is 5.05. The van der Waals surface area contributed by atoms with Crippen molar-refractivity contribution >= 4 is 11.7 Å². The lowest BCUT2D eigenvalue weighted by Gasteiger charge is -2.26. The Labute approximate surface area is 120 Å². The smallest absolute Gasteiger partial charge is 0.308 e. The van der Waals surface area contributed by atoms with E-state index in [4.69, 9.17) is 14.6 Å². The molecule has 0 heterocycles. The van der Waals surface area contributed by atoms with E-state index in [-0.39, 0.29) is 0 Å². The first kappa shape index (κ1) is 16.1. The summed E-state index contributed by atoms with van der Waals surface area (Å²) in [5.74, 6) is 0.106. The number of hydrogen-bond acceptors (Lipinski definition) is 4. The van der Waals surface area contributed by atoms with Gasteiger partial charge in [-0.25, -0.2) is 0 Å². The van der Waals surface area contributed by atoms with Crippen molar-refractivity contribution < 1.29 is 19.4 Å². The molecule has 1 unspecified atom stereocenters. The van der Waals surface area contributed by atoms with Gasteiger partial charge < -0.3 is 19.5 Å². The highest BCUT2D eigenvalue weighted by atomic mass is 16.5. The van der Waals surface area contributed by atoms with E-state index >= 15 is 0 Å². The fraction of sp³-hybridized carbons (Fsp3) is 0.533. The summed E-state index contributed by atoms with van der Waals surface area (Å²) in [6, 6.07) is 5.64. The zero-order chi connectivity index (χ0) is 15.1. The highest BCUT2D eigenvalue weighted by Gasteiger charge is 2.17. The number of benzene rings is 1. The largest absolute Gasteiger partial charge is 0.493 e. The quantitative estimate of drug-likeness (QED) is 0.793. The Morgan fingerprint density at radius 2 is 1.95 bits per heavy atom. The van der Waals surface area contributed by atoms with Crippen LogP contribution in [0.3, 0.4) is 0 Å². The first-order chi connectivity index (χ1) is 9.53. The number of rotatable bonds is 8. The van der Waals surface area contributed by atoms with Gasteiger partial charge in [-0.3, -0.25) is 4.79 Å². The van der Waals surface area contributed by atoms with Gasteiger partial charge in [-0.1, -0.05) is 13.8 Å². The third-order valence-corrected chi connectivity index (χ3v) is 3.14. The molecule has 112 valence electrons. The molecule has 5 heteroatoms. The Kier molecular flexibility index (Phi) is 6.15. The monoisotopic (exact) mass is 281 g/mol. The number of hydrogen-bond donors (Lipinski definition) is 1. The average Bonchev–Trinajstić information content (AvgIpc) is 2.45. The Bertz CT molecular complexity index is 447. The topological polar surface area (TPSA) is 59.0 Å². The molecule has 1 atom stereocenters. The SMILES string of the molecule is CCCN(CC(C)C(=O)O)c1ccc(OC)c(OC)c1. The Morgan fingerprint density at radius 3 is 2.45 bits per heavy atom. The maximum absolute atomic E-state index is 11.0. The lowest BCUT2D eigenvalue weighted by molar-refractivity contribution is -0.140. The Morgan fingerprint density at radius 1 is 1.30 bits per heavy atom. The minimum absolute atomic E-state index is 0.422. The molecule has 0 saturated carbocycles. The number of methoxy groups -OCH3 is 2. The number of nitrogens with zero attached hydrogens (tertiary/aromatic N) is 1. The molecule has 1 N–H and O–H groups in total. The van der Waals surface area contributed by atoms with E-state index in [9.17, 15) is 4.79 Å². The first-order valence-electron chi connectivity index (χ1n) is 6.73. The van der Waals surface area contributed by atoms with Crippen molar-refractivity contribution in [2.45, 2.75) is 20.3 Å². The summed E-state index contributed by atoms with van der Waals surface area (Å²) in [5, 5.41) is 9.06. The van der Waals surface area contributed by atoms with Crippen molar-refractivity contribution in [1.82, 2.24) is 0 Å². The molecule has 0 amide bonds. The molecule has 1 aromatic rings. The van der Waals surface area contributed by atoms with Crippen LogP contribution in [0.4, 0.5) is 5.69 Å². The number of carbonyl (C=O) groups is 1. The van der Waals surface area contributed by atoms with Crippen molar-refractivity contribution in [3.05, 3.63) is 18.2 Å². The molecule has 0 aliphatic heterocycles. The normalized spacial score (nSPS) is 11.8. The molecule has 0 aliphatic carbocycles. The van der Waals surface area contributed by atoms with Crippen LogP contribution in [0.2, 0.25) is 0 Å². The van der Waals surface area contributed by atoms with E-state index in [0.717, 1.165) is 18.7 Å². The molecule has 5 nitrogen and oxygen atoms in total. The summed E-state index contributed by atoms with van der Waals surface area (Å²) in [4.78, 5) is 13.1. The molecule has 0 spiro atoms. The molecule has 0 aromatic heterocycles. The van der Waals surface area contributed by atoms with Crippen molar-refractivity contribution in [2.75, 3.05) is 32.2 Å². The average molecular weight is 281 g/mol. The molecule has 0 saturated heterocycles. The molecule has 0 radical (unpaired) electrons.